The molecule has 2 aromatic carbocycles. The van der Waals surface area contributed by atoms with Gasteiger partial charge in [0.25, 0.3) is 0 Å². The second-order valence-electron chi connectivity index (χ2n) is 9.92. The predicted octanol–water partition coefficient (Wildman–Crippen LogP) is 0.917. The van der Waals surface area contributed by atoms with Crippen molar-refractivity contribution in [3.8, 4) is 11.5 Å². The van der Waals surface area contributed by atoms with Crippen molar-refractivity contribution in [2.24, 2.45) is 5.92 Å². The predicted molar refractivity (Wildman–Crippen MR) is 151 cm³/mol. The number of benzene rings is 2. The highest BCUT2D eigenvalue weighted by Crippen LogP contribution is 2.33. The monoisotopic (exact) mass is 576 g/mol. The van der Waals surface area contributed by atoms with Crippen molar-refractivity contribution >= 4 is 21.8 Å². The summed E-state index contributed by atoms with van der Waals surface area (Å²) in [7, 11) is -0.987. The van der Waals surface area contributed by atoms with E-state index in [1.807, 2.05) is 44.2 Å². The summed E-state index contributed by atoms with van der Waals surface area (Å²) in [5.74, 6) is -0.138. The molecule has 220 valence electrons. The molecule has 2 aromatic rings. The van der Waals surface area contributed by atoms with Gasteiger partial charge in [-0.2, -0.15) is 4.31 Å². The Morgan fingerprint density at radius 3 is 2.38 bits per heavy atom. The number of ether oxygens (including phenoxy) is 2. The Labute approximate surface area is 236 Å². The zero-order chi connectivity index (χ0) is 29.3. The number of sulfonamides is 1. The van der Waals surface area contributed by atoms with E-state index in [1.54, 1.807) is 13.1 Å². The number of carbonyl (C=O) groups is 2. The summed E-state index contributed by atoms with van der Waals surface area (Å²) in [5.41, 5.74) is 0.850. The summed E-state index contributed by atoms with van der Waals surface area (Å²) in [5, 5.41) is 19.7. The number of aliphatic hydroxyl groups excluding tert-OH is 1. The molecule has 0 saturated carbocycles. The number of hydrogen-bond donors (Lipinski definition) is 4. The molecule has 1 heterocycles. The quantitative estimate of drug-likeness (QED) is 0.260. The van der Waals surface area contributed by atoms with Crippen LogP contribution < -0.4 is 25.4 Å². The molecular weight excluding hydrogens is 536 g/mol. The van der Waals surface area contributed by atoms with E-state index in [0.717, 1.165) is 9.87 Å². The van der Waals surface area contributed by atoms with Gasteiger partial charge >= 0.3 is 0 Å². The zero-order valence-corrected chi connectivity index (χ0v) is 24.2. The van der Waals surface area contributed by atoms with Gasteiger partial charge in [0.15, 0.2) is 11.5 Å². The molecule has 12 heteroatoms. The van der Waals surface area contributed by atoms with Gasteiger partial charge in [-0.15, -0.1) is 0 Å². The zero-order valence-electron chi connectivity index (χ0n) is 23.4. The molecule has 4 atom stereocenters. The summed E-state index contributed by atoms with van der Waals surface area (Å²) in [4.78, 5) is 25.7. The van der Waals surface area contributed by atoms with Crippen LogP contribution in [0.5, 0.6) is 11.5 Å². The van der Waals surface area contributed by atoms with Gasteiger partial charge in [-0.25, -0.2) is 8.42 Å². The van der Waals surface area contributed by atoms with Crippen molar-refractivity contribution in [3.63, 3.8) is 0 Å². The molecule has 0 aromatic heterocycles. The lowest BCUT2D eigenvalue weighted by Crippen LogP contribution is -2.57. The third-order valence-electron chi connectivity index (χ3n) is 6.91. The lowest BCUT2D eigenvalue weighted by molar-refractivity contribution is -0.130. The Kier molecular flexibility index (Phi) is 11.3. The molecule has 1 aliphatic heterocycles. The molecule has 0 fully saturated rings. The van der Waals surface area contributed by atoms with Gasteiger partial charge in [0.05, 0.1) is 23.6 Å². The topological polar surface area (TPSA) is 146 Å². The lowest BCUT2D eigenvalue weighted by Gasteiger charge is -2.31. The van der Waals surface area contributed by atoms with E-state index in [2.05, 4.69) is 16.0 Å². The van der Waals surface area contributed by atoms with Crippen molar-refractivity contribution in [1.82, 2.24) is 20.3 Å². The molecule has 4 N–H and O–H groups in total. The number of carbonyl (C=O) groups excluding carboxylic acids is 2. The third-order valence-corrected chi connectivity index (χ3v) is 8.73. The molecule has 0 spiro atoms. The fourth-order valence-electron chi connectivity index (χ4n) is 4.36. The van der Waals surface area contributed by atoms with Crippen molar-refractivity contribution < 1.29 is 32.6 Å². The highest BCUT2D eigenvalue weighted by molar-refractivity contribution is 7.89. The Morgan fingerprint density at radius 2 is 1.73 bits per heavy atom. The molecule has 40 heavy (non-hydrogen) atoms. The normalized spacial score (nSPS) is 16.1. The summed E-state index contributed by atoms with van der Waals surface area (Å²) in [6.45, 7) is 4.26. The smallest absolute Gasteiger partial charge is 0.243 e. The number of rotatable bonds is 14. The molecule has 1 aliphatic rings. The van der Waals surface area contributed by atoms with Crippen LogP contribution in [0.2, 0.25) is 0 Å². The van der Waals surface area contributed by atoms with Gasteiger partial charge in [0.2, 0.25) is 21.8 Å². The van der Waals surface area contributed by atoms with Crippen LogP contribution in [0.25, 0.3) is 0 Å². The number of nitrogens with zero attached hydrogens (tertiary/aromatic N) is 1. The van der Waals surface area contributed by atoms with Crippen molar-refractivity contribution in [1.29, 1.82) is 0 Å². The molecule has 2 amide bonds. The van der Waals surface area contributed by atoms with Crippen LogP contribution in [0.3, 0.4) is 0 Å². The Bertz CT molecular complexity index is 1240. The Balaban J connectivity index is 1.80. The highest BCUT2D eigenvalue weighted by atomic mass is 32.2. The minimum Gasteiger partial charge on any atom is -0.486 e. The SMILES string of the molecule is CCC(C)[C@H](NC(=O)CNC)C(=O)N[C@@H](Cc1ccccc1)[C@H](O)CN(C)S(=O)(=O)c1ccc2c(c1)OCCO2. The average Bonchev–Trinajstić information content (AvgIpc) is 2.95. The number of aliphatic hydroxyl groups is 1. The maximum absolute atomic E-state index is 13.4. The van der Waals surface area contributed by atoms with Crippen LogP contribution in [0.1, 0.15) is 25.8 Å². The molecule has 0 bridgehead atoms. The third kappa shape index (κ3) is 8.17. The van der Waals surface area contributed by atoms with E-state index in [1.165, 1.54) is 19.2 Å². The standard InChI is InChI=1S/C28H40N4O7S/c1-5-19(2)27(31-26(34)17-29-3)28(35)30-22(15-20-9-7-6-8-10-20)23(33)18-32(4)40(36,37)21-11-12-24-25(16-21)39-14-13-38-24/h6-12,16,19,22-23,27,29,33H,5,13-15,17-18H2,1-4H3,(H,30,35)(H,31,34)/t19?,22-,23+,27-/m0/s1. The van der Waals surface area contributed by atoms with Crippen molar-refractivity contribution in [3.05, 3.63) is 54.1 Å². The minimum atomic E-state index is -4.00. The van der Waals surface area contributed by atoms with Crippen LogP contribution in [0.15, 0.2) is 53.4 Å². The van der Waals surface area contributed by atoms with Gasteiger partial charge in [-0.3, -0.25) is 9.59 Å². The number of likely N-dealkylation sites (N-methyl/N-ethyl adjacent to an activating group) is 2. The Hall–Kier alpha value is -3.19. The number of fused-ring (bicyclic) bond motifs is 1. The van der Waals surface area contributed by atoms with E-state index < -0.39 is 34.1 Å². The number of hydrogen-bond acceptors (Lipinski definition) is 8. The van der Waals surface area contributed by atoms with Crippen molar-refractivity contribution in [2.75, 3.05) is 40.4 Å². The van der Waals surface area contributed by atoms with Gasteiger partial charge in [0, 0.05) is 19.7 Å². The summed E-state index contributed by atoms with van der Waals surface area (Å²) in [6, 6.07) is 12.0. The van der Waals surface area contributed by atoms with E-state index in [9.17, 15) is 23.1 Å². The lowest BCUT2D eigenvalue weighted by atomic mass is 9.96. The fraction of sp³-hybridized carbons (Fsp3) is 0.500. The van der Waals surface area contributed by atoms with Gasteiger partial charge in [-0.1, -0.05) is 50.6 Å². The first-order chi connectivity index (χ1) is 19.1. The van der Waals surface area contributed by atoms with E-state index in [4.69, 9.17) is 9.47 Å². The van der Waals surface area contributed by atoms with Crippen molar-refractivity contribution in [2.45, 2.75) is 49.8 Å². The molecule has 0 radical (unpaired) electrons. The van der Waals surface area contributed by atoms with Crippen LogP contribution in [-0.4, -0.2) is 88.2 Å². The maximum atomic E-state index is 13.4. The molecular formula is C28H40N4O7S. The minimum absolute atomic E-state index is 0.000763. The first kappa shape index (κ1) is 31.3. The van der Waals surface area contributed by atoms with Crippen LogP contribution in [0, 0.1) is 5.92 Å². The summed E-state index contributed by atoms with van der Waals surface area (Å²) in [6.07, 6.45) is -0.365. The van der Waals surface area contributed by atoms with E-state index in [0.29, 0.717) is 31.1 Å². The second kappa shape index (κ2) is 14.4. The summed E-state index contributed by atoms with van der Waals surface area (Å²) >= 11 is 0. The largest absolute Gasteiger partial charge is 0.486 e. The fourth-order valence-corrected chi connectivity index (χ4v) is 5.57. The first-order valence-electron chi connectivity index (χ1n) is 13.4. The molecule has 11 nitrogen and oxygen atoms in total. The molecule has 3 rings (SSSR count). The summed E-state index contributed by atoms with van der Waals surface area (Å²) < 4.78 is 38.8. The molecule has 0 saturated heterocycles. The van der Waals surface area contributed by atoms with E-state index in [-0.39, 0.29) is 36.2 Å². The van der Waals surface area contributed by atoms with Crippen LogP contribution in [0.4, 0.5) is 0 Å². The van der Waals surface area contributed by atoms with Crippen LogP contribution in [-0.2, 0) is 26.0 Å². The number of amides is 2. The first-order valence-corrected chi connectivity index (χ1v) is 14.8. The van der Waals surface area contributed by atoms with Gasteiger partial charge in [0.1, 0.15) is 19.3 Å². The molecule has 0 aliphatic carbocycles. The number of nitrogens with one attached hydrogen (secondary N) is 3. The van der Waals surface area contributed by atoms with Gasteiger partial charge < -0.3 is 30.5 Å². The average molecular weight is 577 g/mol. The van der Waals surface area contributed by atoms with Crippen LogP contribution >= 0.6 is 0 Å². The highest BCUT2D eigenvalue weighted by Gasteiger charge is 2.32. The van der Waals surface area contributed by atoms with E-state index >= 15 is 0 Å². The van der Waals surface area contributed by atoms with Gasteiger partial charge in [-0.05, 0) is 37.1 Å². The maximum Gasteiger partial charge on any atom is 0.243 e. The second-order valence-corrected chi connectivity index (χ2v) is 12.0. The Morgan fingerprint density at radius 1 is 1.05 bits per heavy atom. The molecule has 1 unspecified atom stereocenters.